The maximum Gasteiger partial charge on any atom is 0.274 e. The molecule has 11 heteroatoms. The van der Waals surface area contributed by atoms with Crippen molar-refractivity contribution >= 4 is 24.1 Å². The van der Waals surface area contributed by atoms with Gasteiger partial charge in [0.2, 0.25) is 0 Å². The Morgan fingerprint density at radius 2 is 2.12 bits per heavy atom. The van der Waals surface area contributed by atoms with Crippen molar-refractivity contribution in [2.24, 2.45) is 10.1 Å². The van der Waals surface area contributed by atoms with Crippen LogP contribution in [0.4, 0.5) is 10.1 Å². The van der Waals surface area contributed by atoms with E-state index in [1.54, 1.807) is 50.1 Å². The highest BCUT2D eigenvalue weighted by Crippen LogP contribution is 2.33. The quantitative estimate of drug-likeness (QED) is 0.413. The number of carbonyl (C=O) groups excluding carboxylic acids is 1. The highest BCUT2D eigenvalue weighted by atomic mass is 19.1. The van der Waals surface area contributed by atoms with Crippen LogP contribution in [0.3, 0.4) is 0 Å². The van der Waals surface area contributed by atoms with Gasteiger partial charge in [0.05, 0.1) is 17.7 Å². The monoisotopic (exact) mass is 471 g/mol. The number of methoxy groups -OCH3 is 1. The van der Waals surface area contributed by atoms with E-state index in [2.05, 4.69) is 32.8 Å². The molecule has 0 radical (unpaired) electrons. The van der Waals surface area contributed by atoms with Gasteiger partial charge in [-0.25, -0.2) is 4.39 Å². The minimum Gasteiger partial charge on any atom is -0.379 e. The Bertz CT molecular complexity index is 1120. The maximum atomic E-state index is 13.3. The van der Waals surface area contributed by atoms with Crippen molar-refractivity contribution in [3.63, 3.8) is 0 Å². The number of aromatic nitrogens is 1. The summed E-state index contributed by atoms with van der Waals surface area (Å²) >= 11 is 0. The number of ether oxygens (including phenoxy) is 1. The lowest BCUT2D eigenvalue weighted by molar-refractivity contribution is -0.120. The number of pyridine rings is 1. The molecule has 2 saturated carbocycles. The van der Waals surface area contributed by atoms with E-state index in [9.17, 15) is 14.0 Å². The second kappa shape index (κ2) is 9.80. The molecule has 1 aromatic rings. The predicted octanol–water partition coefficient (Wildman–Crippen LogP) is 1.85. The van der Waals surface area contributed by atoms with Crippen LogP contribution in [0.15, 0.2) is 56.5 Å². The molecule has 0 bridgehead atoms. The van der Waals surface area contributed by atoms with E-state index in [-0.39, 0.29) is 29.7 Å². The molecule has 0 aromatic carbocycles. The molecule has 4 rings (SSSR count). The summed E-state index contributed by atoms with van der Waals surface area (Å²) in [5.74, 6) is 0.953. The smallest absolute Gasteiger partial charge is 0.274 e. The highest BCUT2D eigenvalue weighted by Gasteiger charge is 2.34. The lowest BCUT2D eigenvalue weighted by Gasteiger charge is -2.36. The molecule has 34 heavy (non-hydrogen) atoms. The molecule has 3 N–H and O–H groups in total. The first-order valence-corrected chi connectivity index (χ1v) is 11.2. The minimum atomic E-state index is -0.863. The summed E-state index contributed by atoms with van der Waals surface area (Å²) < 4.78 is 20.2. The van der Waals surface area contributed by atoms with Gasteiger partial charge >= 0.3 is 0 Å². The van der Waals surface area contributed by atoms with E-state index >= 15 is 0 Å². The van der Waals surface area contributed by atoms with Crippen molar-refractivity contribution < 1.29 is 13.9 Å². The van der Waals surface area contributed by atoms with Crippen LogP contribution in [0, 0.1) is 0 Å². The fourth-order valence-electron chi connectivity index (χ4n) is 4.23. The Labute approximate surface area is 197 Å². The SMILES string of the molecule is C=NN1C(=NC)C=C(Nc2cccn(C3CC(F)C3)c2=O)N/C1=C(/C)C(=O)N[C@@H]1CC[C@H]1OC. The third kappa shape index (κ3) is 4.47. The third-order valence-corrected chi connectivity index (χ3v) is 6.54. The van der Waals surface area contributed by atoms with Crippen LogP contribution in [0.5, 0.6) is 0 Å². The molecule has 0 saturated heterocycles. The van der Waals surface area contributed by atoms with Gasteiger partial charge in [0.1, 0.15) is 23.5 Å². The zero-order valence-electron chi connectivity index (χ0n) is 19.5. The number of amides is 1. The molecular formula is C23H30FN7O3. The van der Waals surface area contributed by atoms with Gasteiger partial charge in [-0.3, -0.25) is 14.6 Å². The summed E-state index contributed by atoms with van der Waals surface area (Å²) in [6, 6.07) is 3.20. The first-order valence-electron chi connectivity index (χ1n) is 11.2. The molecule has 2 fully saturated rings. The number of anilines is 1. The van der Waals surface area contributed by atoms with Gasteiger partial charge in [-0.15, -0.1) is 0 Å². The number of nitrogens with zero attached hydrogens (tertiary/aromatic N) is 4. The van der Waals surface area contributed by atoms with E-state index in [4.69, 9.17) is 4.74 Å². The number of rotatable bonds is 7. The zero-order chi connectivity index (χ0) is 24.4. The van der Waals surface area contributed by atoms with E-state index in [1.165, 1.54) is 5.01 Å². The Kier molecular flexibility index (Phi) is 6.82. The Hall–Kier alpha value is -3.47. The number of hydrogen-bond acceptors (Lipinski definition) is 7. The normalized spacial score (nSPS) is 28.8. The van der Waals surface area contributed by atoms with Crippen LogP contribution in [-0.2, 0) is 9.53 Å². The van der Waals surface area contributed by atoms with E-state index in [0.29, 0.717) is 41.6 Å². The lowest BCUT2D eigenvalue weighted by atomic mass is 9.89. The van der Waals surface area contributed by atoms with Gasteiger partial charge in [0, 0.05) is 39.2 Å². The molecule has 2 atom stereocenters. The van der Waals surface area contributed by atoms with Gasteiger partial charge in [-0.1, -0.05) is 0 Å². The fraction of sp³-hybridized carbons (Fsp3) is 0.478. The molecule has 3 aliphatic rings. The van der Waals surface area contributed by atoms with Crippen LogP contribution in [-0.4, -0.2) is 60.5 Å². The van der Waals surface area contributed by atoms with Gasteiger partial charge in [0.15, 0.2) is 5.84 Å². The second-order valence-electron chi connectivity index (χ2n) is 8.60. The number of hydrogen-bond donors (Lipinski definition) is 3. The number of aliphatic imine (C=N–C) groups is 1. The van der Waals surface area contributed by atoms with Crippen molar-refractivity contribution in [3.05, 3.63) is 52.0 Å². The first-order chi connectivity index (χ1) is 16.4. The van der Waals surface area contributed by atoms with E-state index in [1.807, 2.05) is 0 Å². The molecule has 2 heterocycles. The Balaban J connectivity index is 1.58. The minimum absolute atomic E-state index is 0.00294. The summed E-state index contributed by atoms with van der Waals surface area (Å²) in [6.45, 7) is 5.27. The van der Waals surface area contributed by atoms with Gasteiger partial charge in [-0.05, 0) is 44.7 Å². The van der Waals surface area contributed by atoms with Crippen molar-refractivity contribution in [3.8, 4) is 0 Å². The average Bonchev–Trinajstić information content (AvgIpc) is 2.80. The number of alkyl halides is 1. The summed E-state index contributed by atoms with van der Waals surface area (Å²) in [6.07, 6.45) is 4.90. The van der Waals surface area contributed by atoms with E-state index in [0.717, 1.165) is 12.8 Å². The van der Waals surface area contributed by atoms with Crippen molar-refractivity contribution in [1.29, 1.82) is 0 Å². The maximum absolute atomic E-state index is 13.3. The molecule has 182 valence electrons. The fourth-order valence-corrected chi connectivity index (χ4v) is 4.23. The summed E-state index contributed by atoms with van der Waals surface area (Å²) in [5.41, 5.74) is 0.437. The van der Waals surface area contributed by atoms with Crippen molar-refractivity contribution in [1.82, 2.24) is 20.2 Å². The standard InChI is InChI=1S/C23H30FN7O3/c1-13(22(32)28-16-7-8-18(16)34-4)21-29-19(12-20(25-2)31(21)26-3)27-17-6-5-9-30(23(17)33)15-10-14(24)11-15/h5-6,9,12,14-16,18,27,29H,3,7-8,10-11H2,1-2,4H3,(H,28,32)/b21-13+,25-20?/t14?,15?,16-,18-/m1/s1. The topological polar surface area (TPSA) is 112 Å². The van der Waals surface area contributed by atoms with Crippen molar-refractivity contribution in [2.45, 2.75) is 57.0 Å². The summed E-state index contributed by atoms with van der Waals surface area (Å²) in [4.78, 5) is 30.2. The van der Waals surface area contributed by atoms with Crippen LogP contribution in [0.1, 0.15) is 38.6 Å². The highest BCUT2D eigenvalue weighted by molar-refractivity contribution is 5.99. The molecule has 10 nitrogen and oxygen atoms in total. The van der Waals surface area contributed by atoms with Gasteiger partial charge in [-0.2, -0.15) is 10.1 Å². The van der Waals surface area contributed by atoms with Crippen LogP contribution >= 0.6 is 0 Å². The number of carbonyl (C=O) groups is 1. The van der Waals surface area contributed by atoms with Crippen LogP contribution < -0.4 is 21.5 Å². The number of amidine groups is 1. The number of hydrazone groups is 1. The van der Waals surface area contributed by atoms with Crippen LogP contribution in [0.2, 0.25) is 0 Å². The number of halogens is 1. The third-order valence-electron chi connectivity index (χ3n) is 6.54. The molecule has 0 unspecified atom stereocenters. The Morgan fingerprint density at radius 3 is 2.71 bits per heavy atom. The van der Waals surface area contributed by atoms with Crippen molar-refractivity contribution in [2.75, 3.05) is 19.5 Å². The molecule has 0 spiro atoms. The summed E-state index contributed by atoms with van der Waals surface area (Å²) in [5, 5.41) is 14.6. The largest absolute Gasteiger partial charge is 0.379 e. The number of nitrogens with one attached hydrogen (secondary N) is 3. The predicted molar refractivity (Wildman–Crippen MR) is 128 cm³/mol. The first kappa shape index (κ1) is 23.7. The molecule has 1 aliphatic heterocycles. The van der Waals surface area contributed by atoms with E-state index < -0.39 is 6.17 Å². The molecule has 1 amide bonds. The summed E-state index contributed by atoms with van der Waals surface area (Å²) in [7, 11) is 3.22. The Morgan fingerprint density at radius 1 is 1.35 bits per heavy atom. The second-order valence-corrected chi connectivity index (χ2v) is 8.60. The zero-order valence-corrected chi connectivity index (χ0v) is 19.5. The van der Waals surface area contributed by atoms with Gasteiger partial charge < -0.3 is 25.3 Å². The van der Waals surface area contributed by atoms with Crippen LogP contribution in [0.25, 0.3) is 0 Å². The lowest BCUT2D eigenvalue weighted by Crippen LogP contribution is -2.52. The molecular weight excluding hydrogens is 441 g/mol. The average molecular weight is 472 g/mol. The molecule has 1 aromatic heterocycles. The molecule has 2 aliphatic carbocycles. The van der Waals surface area contributed by atoms with Gasteiger partial charge in [0.25, 0.3) is 11.5 Å².